The first kappa shape index (κ1) is 12.6. The van der Waals surface area contributed by atoms with Crippen LogP contribution in [0.3, 0.4) is 0 Å². The molecule has 0 radical (unpaired) electrons. The largest absolute Gasteiger partial charge is 0.496 e. The van der Waals surface area contributed by atoms with Gasteiger partial charge in [0, 0.05) is 6.42 Å². The van der Waals surface area contributed by atoms with E-state index in [1.54, 1.807) is 6.07 Å². The highest BCUT2D eigenvalue weighted by atomic mass is 19.3. The predicted octanol–water partition coefficient (Wildman–Crippen LogP) is 3.33. The third kappa shape index (κ3) is 2.78. The van der Waals surface area contributed by atoms with Crippen molar-refractivity contribution < 1.29 is 18.3 Å². The SMILES string of the molecule is COc1ccc(C(C)CC=O)cc1C(F)F. The van der Waals surface area contributed by atoms with Crippen molar-refractivity contribution >= 4 is 6.29 Å². The molecule has 0 aromatic heterocycles. The lowest BCUT2D eigenvalue weighted by molar-refractivity contribution is -0.108. The number of benzene rings is 1. The number of ether oxygens (including phenoxy) is 1. The first-order valence-electron chi connectivity index (χ1n) is 4.99. The molecule has 88 valence electrons. The van der Waals surface area contributed by atoms with Gasteiger partial charge in [0.15, 0.2) is 0 Å². The van der Waals surface area contributed by atoms with E-state index in [2.05, 4.69) is 0 Å². The van der Waals surface area contributed by atoms with E-state index < -0.39 is 6.43 Å². The van der Waals surface area contributed by atoms with Crippen molar-refractivity contribution in [1.29, 1.82) is 0 Å². The maximum Gasteiger partial charge on any atom is 0.267 e. The second-order valence-electron chi connectivity index (χ2n) is 3.61. The van der Waals surface area contributed by atoms with E-state index >= 15 is 0 Å². The summed E-state index contributed by atoms with van der Waals surface area (Å²) in [6.45, 7) is 1.82. The Morgan fingerprint density at radius 1 is 1.44 bits per heavy atom. The average molecular weight is 228 g/mol. The van der Waals surface area contributed by atoms with Crippen molar-refractivity contribution in [2.24, 2.45) is 0 Å². The lowest BCUT2D eigenvalue weighted by Crippen LogP contribution is -1.98. The van der Waals surface area contributed by atoms with Gasteiger partial charge in [-0.2, -0.15) is 0 Å². The Bertz CT molecular complexity index is 364. The number of carbonyl (C=O) groups is 1. The maximum atomic E-state index is 12.7. The number of halogens is 2. The van der Waals surface area contributed by atoms with E-state index in [1.165, 1.54) is 19.2 Å². The summed E-state index contributed by atoms with van der Waals surface area (Å²) in [6, 6.07) is 4.62. The van der Waals surface area contributed by atoms with Crippen LogP contribution in [0.15, 0.2) is 18.2 Å². The molecule has 0 aliphatic heterocycles. The van der Waals surface area contributed by atoms with Crippen LogP contribution in [0.4, 0.5) is 8.78 Å². The number of rotatable bonds is 5. The van der Waals surface area contributed by atoms with Gasteiger partial charge in [0.1, 0.15) is 12.0 Å². The predicted molar refractivity (Wildman–Crippen MR) is 57.0 cm³/mol. The van der Waals surface area contributed by atoms with E-state index in [4.69, 9.17) is 4.74 Å². The topological polar surface area (TPSA) is 26.3 Å². The van der Waals surface area contributed by atoms with E-state index in [9.17, 15) is 13.6 Å². The van der Waals surface area contributed by atoms with Crippen LogP contribution >= 0.6 is 0 Å². The molecule has 0 bridgehead atoms. The molecule has 0 amide bonds. The van der Waals surface area contributed by atoms with Gasteiger partial charge < -0.3 is 9.53 Å². The molecule has 2 nitrogen and oxygen atoms in total. The summed E-state index contributed by atoms with van der Waals surface area (Å²) in [5.41, 5.74) is 0.598. The van der Waals surface area contributed by atoms with Crippen LogP contribution in [-0.2, 0) is 4.79 Å². The highest BCUT2D eigenvalue weighted by molar-refractivity contribution is 5.52. The second kappa shape index (κ2) is 5.58. The molecule has 0 N–H and O–H groups in total. The van der Waals surface area contributed by atoms with Crippen LogP contribution in [0.5, 0.6) is 5.75 Å². The average Bonchev–Trinajstić information content (AvgIpc) is 2.28. The number of methoxy groups -OCH3 is 1. The minimum Gasteiger partial charge on any atom is -0.496 e. The van der Waals surface area contributed by atoms with Gasteiger partial charge >= 0.3 is 0 Å². The fourth-order valence-electron chi connectivity index (χ4n) is 1.51. The molecular formula is C12H14F2O2. The van der Waals surface area contributed by atoms with Crippen LogP contribution in [0.25, 0.3) is 0 Å². The number of hydrogen-bond acceptors (Lipinski definition) is 2. The standard InChI is InChI=1S/C12H14F2O2/c1-8(5-6-15)9-3-4-11(16-2)10(7-9)12(13)14/h3-4,6-8,12H,5H2,1-2H3. The summed E-state index contributed by atoms with van der Waals surface area (Å²) in [4.78, 5) is 10.4. The molecule has 16 heavy (non-hydrogen) atoms. The van der Waals surface area contributed by atoms with Gasteiger partial charge in [0.25, 0.3) is 6.43 Å². The Morgan fingerprint density at radius 2 is 2.12 bits per heavy atom. The first-order chi connectivity index (χ1) is 7.60. The molecule has 1 aromatic rings. The molecule has 0 heterocycles. The smallest absolute Gasteiger partial charge is 0.267 e. The van der Waals surface area contributed by atoms with Crippen molar-refractivity contribution in [2.45, 2.75) is 25.7 Å². The molecule has 0 aliphatic rings. The summed E-state index contributed by atoms with van der Waals surface area (Å²) in [6.07, 6.45) is -1.45. The van der Waals surface area contributed by atoms with Gasteiger partial charge in [-0.25, -0.2) is 8.78 Å². The zero-order valence-electron chi connectivity index (χ0n) is 9.24. The lowest BCUT2D eigenvalue weighted by Gasteiger charge is -2.13. The molecule has 0 spiro atoms. The zero-order valence-corrected chi connectivity index (χ0v) is 9.24. The van der Waals surface area contributed by atoms with Crippen molar-refractivity contribution in [2.75, 3.05) is 7.11 Å². The van der Waals surface area contributed by atoms with E-state index in [1.807, 2.05) is 6.92 Å². The molecular weight excluding hydrogens is 214 g/mol. The number of hydrogen-bond donors (Lipinski definition) is 0. The van der Waals surface area contributed by atoms with Crippen LogP contribution in [0.2, 0.25) is 0 Å². The van der Waals surface area contributed by atoms with Crippen molar-refractivity contribution in [3.8, 4) is 5.75 Å². The molecule has 0 saturated heterocycles. The number of aldehydes is 1. The van der Waals surface area contributed by atoms with Gasteiger partial charge in [0.2, 0.25) is 0 Å². The van der Waals surface area contributed by atoms with Gasteiger partial charge in [-0.1, -0.05) is 13.0 Å². The molecule has 1 atom stereocenters. The van der Waals surface area contributed by atoms with Crippen molar-refractivity contribution in [1.82, 2.24) is 0 Å². The molecule has 0 saturated carbocycles. The van der Waals surface area contributed by atoms with Gasteiger partial charge in [-0.3, -0.25) is 0 Å². The maximum absolute atomic E-state index is 12.7. The Morgan fingerprint density at radius 3 is 2.62 bits per heavy atom. The minimum absolute atomic E-state index is 0.0547. The Balaban J connectivity index is 3.06. The monoisotopic (exact) mass is 228 g/mol. The summed E-state index contributed by atoms with van der Waals surface area (Å²) in [7, 11) is 1.36. The summed E-state index contributed by atoms with van der Waals surface area (Å²) >= 11 is 0. The van der Waals surface area contributed by atoms with Crippen LogP contribution in [-0.4, -0.2) is 13.4 Å². The molecule has 1 rings (SSSR count). The van der Waals surface area contributed by atoms with Crippen LogP contribution in [0, 0.1) is 0 Å². The van der Waals surface area contributed by atoms with Gasteiger partial charge in [0.05, 0.1) is 12.7 Å². The van der Waals surface area contributed by atoms with Crippen LogP contribution in [0.1, 0.15) is 36.8 Å². The zero-order chi connectivity index (χ0) is 12.1. The minimum atomic E-state index is -2.57. The molecule has 4 heteroatoms. The van der Waals surface area contributed by atoms with Crippen molar-refractivity contribution in [3.05, 3.63) is 29.3 Å². The highest BCUT2D eigenvalue weighted by Gasteiger charge is 2.16. The number of alkyl halides is 2. The molecule has 0 fully saturated rings. The number of carbonyl (C=O) groups excluding carboxylic acids is 1. The Hall–Kier alpha value is -1.45. The highest BCUT2D eigenvalue weighted by Crippen LogP contribution is 2.32. The van der Waals surface area contributed by atoms with Crippen molar-refractivity contribution in [3.63, 3.8) is 0 Å². The fourth-order valence-corrected chi connectivity index (χ4v) is 1.51. The second-order valence-corrected chi connectivity index (χ2v) is 3.61. The quantitative estimate of drug-likeness (QED) is 0.722. The Kier molecular flexibility index (Phi) is 4.40. The van der Waals surface area contributed by atoms with E-state index in [0.29, 0.717) is 6.42 Å². The molecule has 1 unspecified atom stereocenters. The summed E-state index contributed by atoms with van der Waals surface area (Å²) in [5.74, 6) is 0.123. The fraction of sp³-hybridized carbons (Fsp3) is 0.417. The third-order valence-corrected chi connectivity index (χ3v) is 2.51. The van der Waals surface area contributed by atoms with Gasteiger partial charge in [-0.15, -0.1) is 0 Å². The Labute approximate surface area is 93.2 Å². The van der Waals surface area contributed by atoms with E-state index in [0.717, 1.165) is 11.8 Å². The third-order valence-electron chi connectivity index (χ3n) is 2.51. The van der Waals surface area contributed by atoms with Gasteiger partial charge in [-0.05, 0) is 23.6 Å². The van der Waals surface area contributed by atoms with E-state index in [-0.39, 0.29) is 17.2 Å². The summed E-state index contributed by atoms with van der Waals surface area (Å²) < 4.78 is 30.2. The molecule has 1 aromatic carbocycles. The summed E-state index contributed by atoms with van der Waals surface area (Å²) in [5, 5.41) is 0. The van der Waals surface area contributed by atoms with Crippen LogP contribution < -0.4 is 4.74 Å². The normalized spacial score (nSPS) is 12.6. The molecule has 0 aliphatic carbocycles. The lowest BCUT2D eigenvalue weighted by atomic mass is 9.96. The first-order valence-corrected chi connectivity index (χ1v) is 4.99.